The Morgan fingerprint density at radius 2 is 2.00 bits per heavy atom. The van der Waals surface area contributed by atoms with Gasteiger partial charge < -0.3 is 10.1 Å². The van der Waals surface area contributed by atoms with Crippen LogP contribution in [0, 0.1) is 0 Å². The number of alkyl halides is 3. The van der Waals surface area contributed by atoms with Crippen molar-refractivity contribution in [3.05, 3.63) is 28.8 Å². The molecule has 0 heterocycles. The second-order valence-electron chi connectivity index (χ2n) is 5.36. The molecule has 1 amide bonds. The molecule has 0 saturated heterocycles. The van der Waals surface area contributed by atoms with Crippen molar-refractivity contribution in [1.29, 1.82) is 0 Å². The highest BCUT2D eigenvalue weighted by Crippen LogP contribution is 2.36. The molecule has 0 aliphatic carbocycles. The first-order valence-electron chi connectivity index (χ1n) is 6.99. The highest BCUT2D eigenvalue weighted by Gasteiger charge is 2.33. The van der Waals surface area contributed by atoms with Crippen molar-refractivity contribution in [2.45, 2.75) is 19.1 Å². The topological polar surface area (TPSA) is 75.7 Å². The van der Waals surface area contributed by atoms with Crippen LogP contribution in [0.3, 0.4) is 0 Å². The SMILES string of the molecule is COC[C@H](C)NC(=O)CN(c1cc(C(F)(F)F)ccc1Cl)S(C)(=O)=O. The number of carbonyl (C=O) groups excluding carboxylic acids is 1. The molecule has 1 N–H and O–H groups in total. The highest BCUT2D eigenvalue weighted by molar-refractivity contribution is 7.92. The Labute approximate surface area is 148 Å². The Balaban J connectivity index is 3.19. The van der Waals surface area contributed by atoms with E-state index in [-0.39, 0.29) is 11.6 Å². The molecule has 0 radical (unpaired) electrons. The number of amides is 1. The lowest BCUT2D eigenvalue weighted by Gasteiger charge is -2.24. The molecular formula is C14H18ClF3N2O4S. The van der Waals surface area contributed by atoms with Gasteiger partial charge in [-0.1, -0.05) is 11.6 Å². The molecule has 0 aromatic heterocycles. The van der Waals surface area contributed by atoms with Crippen LogP contribution >= 0.6 is 11.6 Å². The van der Waals surface area contributed by atoms with E-state index >= 15 is 0 Å². The zero-order valence-corrected chi connectivity index (χ0v) is 15.3. The van der Waals surface area contributed by atoms with Crippen LogP contribution in [-0.2, 0) is 25.7 Å². The number of ether oxygens (including phenoxy) is 1. The van der Waals surface area contributed by atoms with Crippen LogP contribution in [0.4, 0.5) is 18.9 Å². The van der Waals surface area contributed by atoms with Gasteiger partial charge in [-0.05, 0) is 25.1 Å². The number of nitrogens with zero attached hydrogens (tertiary/aromatic N) is 1. The summed E-state index contributed by atoms with van der Waals surface area (Å²) in [4.78, 5) is 12.0. The Morgan fingerprint density at radius 3 is 2.48 bits per heavy atom. The average Bonchev–Trinajstić information content (AvgIpc) is 2.43. The largest absolute Gasteiger partial charge is 0.416 e. The smallest absolute Gasteiger partial charge is 0.383 e. The van der Waals surface area contributed by atoms with Crippen LogP contribution in [0.5, 0.6) is 0 Å². The van der Waals surface area contributed by atoms with Crippen molar-refractivity contribution in [2.75, 3.05) is 30.8 Å². The van der Waals surface area contributed by atoms with Crippen molar-refractivity contribution < 1.29 is 31.1 Å². The lowest BCUT2D eigenvalue weighted by atomic mass is 10.2. The average molecular weight is 403 g/mol. The standard InChI is InChI=1S/C14H18ClF3N2O4S/c1-9(8-24-2)19-13(21)7-20(25(3,22)23)12-6-10(14(16,17)18)4-5-11(12)15/h4-6,9H,7-8H2,1-3H3,(H,19,21)/t9-/m0/s1. The van der Waals surface area contributed by atoms with Crippen LogP contribution in [0.1, 0.15) is 12.5 Å². The summed E-state index contributed by atoms with van der Waals surface area (Å²) in [5.74, 6) is -0.705. The molecular weight excluding hydrogens is 385 g/mol. The molecule has 25 heavy (non-hydrogen) atoms. The summed E-state index contributed by atoms with van der Waals surface area (Å²) < 4.78 is 67.9. The predicted molar refractivity (Wildman–Crippen MR) is 88.1 cm³/mol. The van der Waals surface area contributed by atoms with Gasteiger partial charge in [0.05, 0.1) is 29.1 Å². The minimum absolute atomic E-state index is 0.189. The number of benzene rings is 1. The van der Waals surface area contributed by atoms with E-state index in [9.17, 15) is 26.4 Å². The molecule has 0 aliphatic rings. The molecule has 0 fully saturated rings. The Bertz CT molecular complexity index is 725. The summed E-state index contributed by atoms with van der Waals surface area (Å²) in [5, 5.41) is 2.26. The second-order valence-corrected chi connectivity index (χ2v) is 7.67. The Kier molecular flexibility index (Phi) is 7.09. The number of carbonyl (C=O) groups is 1. The molecule has 1 atom stereocenters. The lowest BCUT2D eigenvalue weighted by Crippen LogP contribution is -2.44. The maximum atomic E-state index is 12.9. The zero-order valence-electron chi connectivity index (χ0n) is 13.7. The summed E-state index contributed by atoms with van der Waals surface area (Å²) in [6.45, 7) is 1.10. The maximum Gasteiger partial charge on any atom is 0.416 e. The van der Waals surface area contributed by atoms with Crippen LogP contribution in [0.2, 0.25) is 5.02 Å². The minimum Gasteiger partial charge on any atom is -0.383 e. The first-order valence-corrected chi connectivity index (χ1v) is 9.21. The minimum atomic E-state index is -4.68. The van der Waals surface area contributed by atoms with E-state index in [0.29, 0.717) is 10.4 Å². The van der Waals surface area contributed by atoms with Gasteiger partial charge in [-0.2, -0.15) is 13.2 Å². The third-order valence-corrected chi connectivity index (χ3v) is 4.50. The number of sulfonamides is 1. The van der Waals surface area contributed by atoms with Gasteiger partial charge in [0.25, 0.3) is 0 Å². The highest BCUT2D eigenvalue weighted by atomic mass is 35.5. The van der Waals surface area contributed by atoms with Gasteiger partial charge in [0.15, 0.2) is 0 Å². The number of nitrogens with one attached hydrogen (secondary N) is 1. The monoisotopic (exact) mass is 402 g/mol. The van der Waals surface area contributed by atoms with Crippen LogP contribution in [0.25, 0.3) is 0 Å². The van der Waals surface area contributed by atoms with E-state index in [1.165, 1.54) is 7.11 Å². The van der Waals surface area contributed by atoms with Gasteiger partial charge in [0.2, 0.25) is 15.9 Å². The Morgan fingerprint density at radius 1 is 1.40 bits per heavy atom. The molecule has 1 aromatic carbocycles. The van der Waals surface area contributed by atoms with E-state index in [1.807, 2.05) is 0 Å². The number of rotatable bonds is 7. The fraction of sp³-hybridized carbons (Fsp3) is 0.500. The summed E-state index contributed by atoms with van der Waals surface area (Å²) in [7, 11) is -2.63. The first-order chi connectivity index (χ1) is 11.4. The van der Waals surface area contributed by atoms with Crippen molar-refractivity contribution in [3.63, 3.8) is 0 Å². The molecule has 6 nitrogen and oxygen atoms in total. The number of halogens is 4. The van der Waals surface area contributed by atoms with E-state index in [1.54, 1.807) is 6.92 Å². The fourth-order valence-corrected chi connectivity index (χ4v) is 3.13. The van der Waals surface area contributed by atoms with E-state index in [0.717, 1.165) is 18.4 Å². The van der Waals surface area contributed by atoms with E-state index < -0.39 is 45.9 Å². The third kappa shape index (κ3) is 6.37. The number of anilines is 1. The van der Waals surface area contributed by atoms with Gasteiger partial charge >= 0.3 is 6.18 Å². The summed E-state index contributed by atoms with van der Waals surface area (Å²) in [5.41, 5.74) is -1.50. The van der Waals surface area contributed by atoms with Crippen molar-refractivity contribution in [3.8, 4) is 0 Å². The molecule has 0 aliphatic heterocycles. The molecule has 0 unspecified atom stereocenters. The van der Waals surface area contributed by atoms with Crippen LogP contribution in [0.15, 0.2) is 18.2 Å². The van der Waals surface area contributed by atoms with Crippen LogP contribution < -0.4 is 9.62 Å². The van der Waals surface area contributed by atoms with Gasteiger partial charge in [0.1, 0.15) is 6.54 Å². The third-order valence-electron chi connectivity index (χ3n) is 3.05. The van der Waals surface area contributed by atoms with E-state index in [2.05, 4.69) is 5.32 Å². The second kappa shape index (κ2) is 8.24. The fourth-order valence-electron chi connectivity index (χ4n) is 2.00. The maximum absolute atomic E-state index is 12.9. The van der Waals surface area contributed by atoms with Gasteiger partial charge in [-0.15, -0.1) is 0 Å². The molecule has 1 aromatic rings. The molecule has 0 spiro atoms. The lowest BCUT2D eigenvalue weighted by molar-refractivity contribution is -0.137. The van der Waals surface area contributed by atoms with Gasteiger partial charge in [-0.3, -0.25) is 9.10 Å². The summed E-state index contributed by atoms with van der Waals surface area (Å²) >= 11 is 5.86. The summed E-state index contributed by atoms with van der Waals surface area (Å²) in [6.07, 6.45) is -3.91. The quantitative estimate of drug-likeness (QED) is 0.759. The van der Waals surface area contributed by atoms with E-state index in [4.69, 9.17) is 16.3 Å². The molecule has 0 saturated carbocycles. The first kappa shape index (κ1) is 21.5. The molecule has 0 bridgehead atoms. The zero-order chi connectivity index (χ0) is 19.4. The van der Waals surface area contributed by atoms with Gasteiger partial charge in [-0.25, -0.2) is 8.42 Å². The molecule has 1 rings (SSSR count). The number of methoxy groups -OCH3 is 1. The van der Waals surface area contributed by atoms with Crippen molar-refractivity contribution in [2.24, 2.45) is 0 Å². The van der Waals surface area contributed by atoms with Crippen molar-refractivity contribution >= 4 is 33.2 Å². The predicted octanol–water partition coefficient (Wildman–Crippen LogP) is 2.28. The van der Waals surface area contributed by atoms with Crippen LogP contribution in [-0.4, -0.2) is 46.9 Å². The molecule has 11 heteroatoms. The Hall–Kier alpha value is -1.52. The molecule has 142 valence electrons. The van der Waals surface area contributed by atoms with Gasteiger partial charge in [0, 0.05) is 13.2 Å². The number of hydrogen-bond donors (Lipinski definition) is 1. The van der Waals surface area contributed by atoms with Crippen molar-refractivity contribution in [1.82, 2.24) is 5.32 Å². The normalized spacial score (nSPS) is 13.4. The summed E-state index contributed by atoms with van der Waals surface area (Å²) in [6, 6.07) is 1.85. The number of hydrogen-bond acceptors (Lipinski definition) is 4.